The summed E-state index contributed by atoms with van der Waals surface area (Å²) < 4.78 is 19.2. The van der Waals surface area contributed by atoms with Crippen molar-refractivity contribution in [3.63, 3.8) is 0 Å². The molecule has 0 fully saturated rings. The van der Waals surface area contributed by atoms with E-state index in [4.69, 9.17) is 4.74 Å². The summed E-state index contributed by atoms with van der Waals surface area (Å²) >= 11 is 3.29. The van der Waals surface area contributed by atoms with Gasteiger partial charge in [-0.05, 0) is 36.4 Å². The molecule has 3 nitrogen and oxygen atoms in total. The van der Waals surface area contributed by atoms with Crippen LogP contribution in [0.2, 0.25) is 0 Å². The van der Waals surface area contributed by atoms with Crippen LogP contribution in [0.25, 0.3) is 0 Å². The van der Waals surface area contributed by atoms with Gasteiger partial charge in [-0.1, -0.05) is 15.9 Å². The van der Waals surface area contributed by atoms with Crippen molar-refractivity contribution in [3.8, 4) is 5.75 Å². The summed E-state index contributed by atoms with van der Waals surface area (Å²) in [7, 11) is 1.39. The van der Waals surface area contributed by atoms with Crippen LogP contribution in [0.5, 0.6) is 5.75 Å². The largest absolute Gasteiger partial charge is 0.494 e. The molecule has 0 aromatic heterocycles. The minimum Gasteiger partial charge on any atom is -0.494 e. The smallest absolute Gasteiger partial charge is 0.255 e. The van der Waals surface area contributed by atoms with Gasteiger partial charge in [0.2, 0.25) is 0 Å². The molecule has 2 rings (SSSR count). The fourth-order valence-corrected chi connectivity index (χ4v) is 1.81. The zero-order valence-corrected chi connectivity index (χ0v) is 11.7. The first-order chi connectivity index (χ1) is 9.10. The van der Waals surface area contributed by atoms with E-state index in [9.17, 15) is 9.18 Å². The highest BCUT2D eigenvalue weighted by atomic mass is 79.9. The Bertz CT molecular complexity index is 599. The number of hydrogen-bond acceptors (Lipinski definition) is 2. The van der Waals surface area contributed by atoms with E-state index in [1.54, 1.807) is 30.3 Å². The molecule has 2 aromatic carbocycles. The number of ether oxygens (including phenoxy) is 1. The van der Waals surface area contributed by atoms with E-state index < -0.39 is 5.82 Å². The van der Waals surface area contributed by atoms with Gasteiger partial charge >= 0.3 is 0 Å². The van der Waals surface area contributed by atoms with E-state index in [0.29, 0.717) is 11.3 Å². The maximum Gasteiger partial charge on any atom is 0.255 e. The van der Waals surface area contributed by atoms with Crippen LogP contribution in [0.15, 0.2) is 46.9 Å². The first-order valence-corrected chi connectivity index (χ1v) is 6.30. The van der Waals surface area contributed by atoms with Gasteiger partial charge in [0.15, 0.2) is 11.6 Å². The second kappa shape index (κ2) is 5.84. The number of methoxy groups -OCH3 is 1. The third-order valence-corrected chi connectivity index (χ3v) is 3.04. The topological polar surface area (TPSA) is 38.3 Å². The lowest BCUT2D eigenvalue weighted by molar-refractivity contribution is 0.102. The highest BCUT2D eigenvalue weighted by molar-refractivity contribution is 9.10. The number of hydrogen-bond donors (Lipinski definition) is 1. The van der Waals surface area contributed by atoms with Crippen LogP contribution in [0.1, 0.15) is 10.4 Å². The summed E-state index contributed by atoms with van der Waals surface area (Å²) in [5.74, 6) is -0.671. The van der Waals surface area contributed by atoms with Crippen LogP contribution >= 0.6 is 15.9 Å². The molecule has 0 saturated carbocycles. The van der Waals surface area contributed by atoms with Crippen molar-refractivity contribution in [2.24, 2.45) is 0 Å². The van der Waals surface area contributed by atoms with Crippen molar-refractivity contribution in [2.45, 2.75) is 0 Å². The normalized spacial score (nSPS) is 10.1. The van der Waals surface area contributed by atoms with Crippen LogP contribution in [0.4, 0.5) is 10.1 Å². The van der Waals surface area contributed by atoms with Gasteiger partial charge < -0.3 is 10.1 Å². The number of carbonyl (C=O) groups excluding carboxylic acids is 1. The van der Waals surface area contributed by atoms with Gasteiger partial charge in [0, 0.05) is 21.8 Å². The number of nitrogens with one attached hydrogen (secondary N) is 1. The molecular formula is C14H11BrFNO2. The number of halogens is 2. The average molecular weight is 324 g/mol. The molecule has 1 N–H and O–H groups in total. The fraction of sp³-hybridized carbons (Fsp3) is 0.0714. The first-order valence-electron chi connectivity index (χ1n) is 5.50. The molecule has 98 valence electrons. The zero-order chi connectivity index (χ0) is 13.8. The van der Waals surface area contributed by atoms with Crippen LogP contribution in [0.3, 0.4) is 0 Å². The van der Waals surface area contributed by atoms with E-state index in [1.807, 2.05) is 0 Å². The number of rotatable bonds is 3. The average Bonchev–Trinajstić information content (AvgIpc) is 2.39. The monoisotopic (exact) mass is 323 g/mol. The third kappa shape index (κ3) is 3.32. The van der Waals surface area contributed by atoms with Gasteiger partial charge in [-0.15, -0.1) is 0 Å². The number of amides is 1. The van der Waals surface area contributed by atoms with Gasteiger partial charge in [0.25, 0.3) is 5.91 Å². The van der Waals surface area contributed by atoms with Crippen LogP contribution in [-0.2, 0) is 0 Å². The number of anilines is 1. The lowest BCUT2D eigenvalue weighted by Gasteiger charge is -2.07. The van der Waals surface area contributed by atoms with Crippen LogP contribution in [-0.4, -0.2) is 13.0 Å². The Morgan fingerprint density at radius 3 is 2.47 bits per heavy atom. The van der Waals surface area contributed by atoms with Crippen molar-refractivity contribution in [1.29, 1.82) is 0 Å². The highest BCUT2D eigenvalue weighted by Gasteiger charge is 2.08. The standard InChI is InChI=1S/C14H11BrFNO2/c1-19-13-7-6-11(8-12(13)16)17-14(18)9-2-4-10(15)5-3-9/h2-8H,1H3,(H,17,18). The van der Waals surface area contributed by atoms with E-state index >= 15 is 0 Å². The van der Waals surface area contributed by atoms with Gasteiger partial charge in [-0.2, -0.15) is 0 Å². The lowest BCUT2D eigenvalue weighted by Crippen LogP contribution is -2.11. The Hall–Kier alpha value is -1.88. The zero-order valence-electron chi connectivity index (χ0n) is 10.1. The first kappa shape index (κ1) is 13.5. The van der Waals surface area contributed by atoms with Crippen LogP contribution < -0.4 is 10.1 Å². The van der Waals surface area contributed by atoms with Crippen molar-refractivity contribution in [2.75, 3.05) is 12.4 Å². The summed E-state index contributed by atoms with van der Waals surface area (Å²) in [5.41, 5.74) is 0.880. The predicted octanol–water partition coefficient (Wildman–Crippen LogP) is 3.85. The second-order valence-electron chi connectivity index (χ2n) is 3.81. The molecule has 0 atom stereocenters. The van der Waals surface area contributed by atoms with Gasteiger partial charge in [-0.3, -0.25) is 4.79 Å². The van der Waals surface area contributed by atoms with Crippen molar-refractivity contribution < 1.29 is 13.9 Å². The Kier molecular flexibility index (Phi) is 4.16. The van der Waals surface area contributed by atoms with Crippen molar-refractivity contribution >= 4 is 27.5 Å². The summed E-state index contributed by atoms with van der Waals surface area (Å²) in [4.78, 5) is 11.9. The molecule has 0 saturated heterocycles. The van der Waals surface area contributed by atoms with Gasteiger partial charge in [0.05, 0.1) is 7.11 Å². The Labute approximate surface area is 118 Å². The molecule has 0 radical (unpaired) electrons. The summed E-state index contributed by atoms with van der Waals surface area (Å²) in [6, 6.07) is 11.2. The maximum atomic E-state index is 13.5. The highest BCUT2D eigenvalue weighted by Crippen LogP contribution is 2.21. The van der Waals surface area contributed by atoms with E-state index in [0.717, 1.165) is 4.47 Å². The molecule has 0 bridgehead atoms. The number of benzene rings is 2. The van der Waals surface area contributed by atoms with Crippen molar-refractivity contribution in [3.05, 3.63) is 58.3 Å². The molecule has 5 heteroatoms. The molecule has 0 spiro atoms. The quantitative estimate of drug-likeness (QED) is 0.931. The summed E-state index contributed by atoms with van der Waals surface area (Å²) in [6.45, 7) is 0. The van der Waals surface area contributed by atoms with E-state index in [1.165, 1.54) is 19.2 Å². The molecule has 0 aliphatic heterocycles. The molecular weight excluding hydrogens is 313 g/mol. The molecule has 0 unspecified atom stereocenters. The fourth-order valence-electron chi connectivity index (χ4n) is 1.55. The number of carbonyl (C=O) groups is 1. The van der Waals surface area contributed by atoms with Gasteiger partial charge in [-0.25, -0.2) is 4.39 Å². The Balaban J connectivity index is 2.14. The lowest BCUT2D eigenvalue weighted by atomic mass is 10.2. The maximum absolute atomic E-state index is 13.5. The molecule has 19 heavy (non-hydrogen) atoms. The Morgan fingerprint density at radius 2 is 1.89 bits per heavy atom. The molecule has 0 aliphatic carbocycles. The summed E-state index contributed by atoms with van der Waals surface area (Å²) in [6.07, 6.45) is 0. The Morgan fingerprint density at radius 1 is 1.21 bits per heavy atom. The molecule has 1 amide bonds. The van der Waals surface area contributed by atoms with E-state index in [2.05, 4.69) is 21.2 Å². The van der Waals surface area contributed by atoms with Crippen LogP contribution in [0, 0.1) is 5.82 Å². The molecule has 2 aromatic rings. The van der Waals surface area contributed by atoms with E-state index in [-0.39, 0.29) is 11.7 Å². The second-order valence-corrected chi connectivity index (χ2v) is 4.73. The van der Waals surface area contributed by atoms with Crippen molar-refractivity contribution in [1.82, 2.24) is 0 Å². The molecule has 0 aliphatic rings. The molecule has 0 heterocycles. The summed E-state index contributed by atoms with van der Waals surface area (Å²) in [5, 5.41) is 2.62. The predicted molar refractivity (Wildman–Crippen MR) is 75.0 cm³/mol. The van der Waals surface area contributed by atoms with Gasteiger partial charge in [0.1, 0.15) is 0 Å². The third-order valence-electron chi connectivity index (χ3n) is 2.52. The minimum atomic E-state index is -0.517. The SMILES string of the molecule is COc1ccc(NC(=O)c2ccc(Br)cc2)cc1F. The minimum absolute atomic E-state index is 0.140.